The summed E-state index contributed by atoms with van der Waals surface area (Å²) in [5.41, 5.74) is 0.719. The number of nitrogens with one attached hydrogen (secondary N) is 1. The molecular weight excluding hydrogens is 237 g/mol. The average Bonchev–Trinajstić information content (AvgIpc) is 2.50. The summed E-state index contributed by atoms with van der Waals surface area (Å²) < 4.78 is 13.9. The van der Waals surface area contributed by atoms with Crippen molar-refractivity contribution in [1.29, 1.82) is 0 Å². The van der Waals surface area contributed by atoms with Gasteiger partial charge in [-0.2, -0.15) is 0 Å². The second-order valence-electron chi connectivity index (χ2n) is 5.19. The zero-order chi connectivity index (χ0) is 12.3. The van der Waals surface area contributed by atoms with Crippen molar-refractivity contribution in [2.75, 3.05) is 6.54 Å². The van der Waals surface area contributed by atoms with Gasteiger partial charge in [-0.15, -0.1) is 0 Å². The van der Waals surface area contributed by atoms with Crippen molar-refractivity contribution in [3.8, 4) is 0 Å². The highest BCUT2D eigenvalue weighted by atomic mass is 35.5. The molecule has 1 aromatic rings. The minimum absolute atomic E-state index is 0.00201. The molecule has 1 atom stereocenters. The predicted octanol–water partition coefficient (Wildman–Crippen LogP) is 3.94. The standard InChI is InChI=1S/C14H19ClFN/c1-14(8-3-2-4-9-17-14)10-11-6-5-7-12(15)13(11)16/h5-7,17H,2-4,8-10H2,1H3. The predicted molar refractivity (Wildman–Crippen MR) is 70.0 cm³/mol. The van der Waals surface area contributed by atoms with Crippen LogP contribution in [0.1, 0.15) is 38.2 Å². The molecule has 0 radical (unpaired) electrons. The smallest absolute Gasteiger partial charge is 0.145 e. The van der Waals surface area contributed by atoms with Gasteiger partial charge in [0.2, 0.25) is 0 Å². The van der Waals surface area contributed by atoms with Crippen LogP contribution in [0.5, 0.6) is 0 Å². The Bertz CT molecular complexity index is 384. The van der Waals surface area contributed by atoms with E-state index in [1.807, 2.05) is 12.1 Å². The number of halogens is 2. The van der Waals surface area contributed by atoms with E-state index in [-0.39, 0.29) is 16.4 Å². The summed E-state index contributed by atoms with van der Waals surface area (Å²) in [6.45, 7) is 3.21. The van der Waals surface area contributed by atoms with Gasteiger partial charge < -0.3 is 5.32 Å². The summed E-state index contributed by atoms with van der Waals surface area (Å²) in [5, 5.41) is 3.77. The van der Waals surface area contributed by atoms with Crippen molar-refractivity contribution < 1.29 is 4.39 Å². The third kappa shape index (κ3) is 3.20. The van der Waals surface area contributed by atoms with Gasteiger partial charge in [0.15, 0.2) is 0 Å². The van der Waals surface area contributed by atoms with Crippen LogP contribution in [0.4, 0.5) is 4.39 Å². The Morgan fingerprint density at radius 2 is 2.18 bits per heavy atom. The normalized spacial score (nSPS) is 25.6. The summed E-state index contributed by atoms with van der Waals surface area (Å²) in [5.74, 6) is -0.263. The van der Waals surface area contributed by atoms with Crippen LogP contribution in [-0.4, -0.2) is 12.1 Å². The highest BCUT2D eigenvalue weighted by molar-refractivity contribution is 6.30. The number of hydrogen-bond acceptors (Lipinski definition) is 1. The molecule has 0 saturated carbocycles. The van der Waals surface area contributed by atoms with Gasteiger partial charge in [0.1, 0.15) is 5.82 Å². The second kappa shape index (κ2) is 5.36. The Balaban J connectivity index is 2.15. The monoisotopic (exact) mass is 255 g/mol. The van der Waals surface area contributed by atoms with E-state index in [4.69, 9.17) is 11.6 Å². The first-order valence-corrected chi connectivity index (χ1v) is 6.66. The SMILES string of the molecule is CC1(Cc2cccc(Cl)c2F)CCCCCN1. The molecule has 1 nitrogen and oxygen atoms in total. The van der Waals surface area contributed by atoms with Crippen LogP contribution in [0, 0.1) is 5.82 Å². The maximum atomic E-state index is 13.9. The fraction of sp³-hybridized carbons (Fsp3) is 0.571. The van der Waals surface area contributed by atoms with Crippen molar-refractivity contribution in [3.63, 3.8) is 0 Å². The number of rotatable bonds is 2. The van der Waals surface area contributed by atoms with E-state index in [9.17, 15) is 4.39 Å². The summed E-state index contributed by atoms with van der Waals surface area (Å²) >= 11 is 5.81. The summed E-state index contributed by atoms with van der Waals surface area (Å²) in [7, 11) is 0. The third-order valence-corrected chi connectivity index (χ3v) is 3.86. The Hall–Kier alpha value is -0.600. The van der Waals surface area contributed by atoms with Crippen LogP contribution in [0.2, 0.25) is 5.02 Å². The van der Waals surface area contributed by atoms with Crippen molar-refractivity contribution in [1.82, 2.24) is 5.32 Å². The molecule has 1 fully saturated rings. The molecule has 1 saturated heterocycles. The van der Waals surface area contributed by atoms with Crippen molar-refractivity contribution in [3.05, 3.63) is 34.6 Å². The molecule has 0 aliphatic carbocycles. The Morgan fingerprint density at radius 3 is 3.00 bits per heavy atom. The maximum absolute atomic E-state index is 13.9. The first kappa shape index (κ1) is 12.8. The summed E-state index contributed by atoms with van der Waals surface area (Å²) in [4.78, 5) is 0. The van der Waals surface area contributed by atoms with E-state index in [1.54, 1.807) is 6.07 Å². The van der Waals surface area contributed by atoms with E-state index < -0.39 is 0 Å². The minimum Gasteiger partial charge on any atom is -0.311 e. The van der Waals surface area contributed by atoms with Crippen LogP contribution >= 0.6 is 11.6 Å². The van der Waals surface area contributed by atoms with E-state index in [2.05, 4.69) is 12.2 Å². The fourth-order valence-corrected chi connectivity index (χ4v) is 2.75. The second-order valence-corrected chi connectivity index (χ2v) is 5.60. The summed E-state index contributed by atoms with van der Waals surface area (Å²) in [6, 6.07) is 5.25. The van der Waals surface area contributed by atoms with Gasteiger partial charge in [-0.1, -0.05) is 36.6 Å². The van der Waals surface area contributed by atoms with Crippen molar-refractivity contribution in [2.45, 2.75) is 44.6 Å². The lowest BCUT2D eigenvalue weighted by atomic mass is 9.88. The zero-order valence-electron chi connectivity index (χ0n) is 10.2. The first-order valence-electron chi connectivity index (χ1n) is 6.29. The lowest BCUT2D eigenvalue weighted by Gasteiger charge is -2.29. The van der Waals surface area contributed by atoms with Crippen LogP contribution in [0.25, 0.3) is 0 Å². The molecule has 1 heterocycles. The molecule has 17 heavy (non-hydrogen) atoms. The molecule has 94 valence electrons. The molecule has 3 heteroatoms. The molecule has 1 aromatic carbocycles. The van der Waals surface area contributed by atoms with Gasteiger partial charge in [-0.3, -0.25) is 0 Å². The van der Waals surface area contributed by atoms with Crippen LogP contribution in [-0.2, 0) is 6.42 Å². The largest absolute Gasteiger partial charge is 0.311 e. The molecule has 0 bridgehead atoms. The third-order valence-electron chi connectivity index (χ3n) is 3.57. The first-order chi connectivity index (χ1) is 8.11. The molecule has 2 rings (SSSR count). The van der Waals surface area contributed by atoms with E-state index in [0.717, 1.165) is 18.5 Å². The van der Waals surface area contributed by atoms with Crippen molar-refractivity contribution >= 4 is 11.6 Å². The van der Waals surface area contributed by atoms with Crippen LogP contribution in [0.3, 0.4) is 0 Å². The Labute approximate surface area is 107 Å². The van der Waals surface area contributed by atoms with Gasteiger partial charge in [0, 0.05) is 5.54 Å². The van der Waals surface area contributed by atoms with Crippen LogP contribution in [0.15, 0.2) is 18.2 Å². The topological polar surface area (TPSA) is 12.0 Å². The quantitative estimate of drug-likeness (QED) is 0.844. The van der Waals surface area contributed by atoms with Gasteiger partial charge in [-0.25, -0.2) is 4.39 Å². The molecule has 0 spiro atoms. The van der Waals surface area contributed by atoms with Gasteiger partial charge in [0.25, 0.3) is 0 Å². The van der Waals surface area contributed by atoms with Gasteiger partial charge in [0.05, 0.1) is 5.02 Å². The van der Waals surface area contributed by atoms with Gasteiger partial charge >= 0.3 is 0 Å². The Kier molecular flexibility index (Phi) is 4.05. The van der Waals surface area contributed by atoms with Gasteiger partial charge in [-0.05, 0) is 44.4 Å². The fourth-order valence-electron chi connectivity index (χ4n) is 2.55. The highest BCUT2D eigenvalue weighted by Gasteiger charge is 2.26. The number of hydrogen-bond donors (Lipinski definition) is 1. The van der Waals surface area contributed by atoms with Crippen molar-refractivity contribution in [2.24, 2.45) is 0 Å². The Morgan fingerprint density at radius 1 is 1.35 bits per heavy atom. The minimum atomic E-state index is -0.263. The lowest BCUT2D eigenvalue weighted by molar-refractivity contribution is 0.341. The van der Waals surface area contributed by atoms with E-state index in [1.165, 1.54) is 19.3 Å². The number of benzene rings is 1. The molecular formula is C14H19ClFN. The highest BCUT2D eigenvalue weighted by Crippen LogP contribution is 2.26. The van der Waals surface area contributed by atoms with Crippen LogP contribution < -0.4 is 5.32 Å². The molecule has 1 aliphatic rings. The molecule has 1 aliphatic heterocycles. The van der Waals surface area contributed by atoms with E-state index >= 15 is 0 Å². The maximum Gasteiger partial charge on any atom is 0.145 e. The average molecular weight is 256 g/mol. The molecule has 1 unspecified atom stereocenters. The zero-order valence-corrected chi connectivity index (χ0v) is 11.0. The molecule has 1 N–H and O–H groups in total. The van der Waals surface area contributed by atoms with E-state index in [0.29, 0.717) is 6.42 Å². The molecule has 0 amide bonds. The lowest BCUT2D eigenvalue weighted by Crippen LogP contribution is -2.43. The summed E-state index contributed by atoms with van der Waals surface area (Å²) in [6.07, 6.45) is 5.50. The molecule has 0 aromatic heterocycles.